The van der Waals surface area contributed by atoms with Gasteiger partial charge in [-0.25, -0.2) is 9.59 Å². The minimum Gasteiger partial charge on any atom is -0.485 e. The summed E-state index contributed by atoms with van der Waals surface area (Å²) in [6.45, 7) is 3.33. The fourth-order valence-electron chi connectivity index (χ4n) is 2.56. The molecule has 0 fully saturated rings. The first-order chi connectivity index (χ1) is 14.9. The van der Waals surface area contributed by atoms with Crippen LogP contribution in [0.5, 0.6) is 5.75 Å². The average Bonchev–Trinajstić information content (AvgIpc) is 3.33. The van der Waals surface area contributed by atoms with Crippen LogP contribution in [0.2, 0.25) is 0 Å². The standard InChI is InChI=1S/C20H18N4O6S/c1-3-27-20(26)17-15(14(8-21)18(22)31-17)9-29-19(25)12-4-6-13(7-5-12)28-10-16-23-11(2)30-24-16/h4-7H,3,9-10,22H2,1-2H3. The summed E-state index contributed by atoms with van der Waals surface area (Å²) in [5, 5.41) is 13.2. The number of carbonyl (C=O) groups is 2. The molecule has 3 rings (SSSR count). The Morgan fingerprint density at radius 2 is 1.94 bits per heavy atom. The second-order valence-electron chi connectivity index (χ2n) is 6.10. The van der Waals surface area contributed by atoms with Gasteiger partial charge in [-0.1, -0.05) is 5.16 Å². The molecule has 10 nitrogen and oxygen atoms in total. The fraction of sp³-hybridized carbons (Fsp3) is 0.250. The summed E-state index contributed by atoms with van der Waals surface area (Å²) in [5.41, 5.74) is 6.40. The lowest BCUT2D eigenvalue weighted by atomic mass is 10.1. The number of benzene rings is 1. The molecule has 0 spiro atoms. The van der Waals surface area contributed by atoms with E-state index >= 15 is 0 Å². The third kappa shape index (κ3) is 5.18. The van der Waals surface area contributed by atoms with Crippen molar-refractivity contribution in [3.63, 3.8) is 0 Å². The molecule has 3 aromatic rings. The molecule has 0 aliphatic carbocycles. The monoisotopic (exact) mass is 442 g/mol. The van der Waals surface area contributed by atoms with Crippen molar-refractivity contribution in [1.29, 1.82) is 5.26 Å². The molecular weight excluding hydrogens is 424 g/mol. The van der Waals surface area contributed by atoms with Gasteiger partial charge in [0.2, 0.25) is 11.7 Å². The normalized spacial score (nSPS) is 10.4. The largest absolute Gasteiger partial charge is 0.485 e. The van der Waals surface area contributed by atoms with Crippen LogP contribution in [0.1, 0.15) is 49.8 Å². The van der Waals surface area contributed by atoms with E-state index in [-0.39, 0.29) is 46.4 Å². The van der Waals surface area contributed by atoms with E-state index in [2.05, 4.69) is 10.1 Å². The topological polar surface area (TPSA) is 151 Å². The maximum absolute atomic E-state index is 12.4. The molecule has 1 aromatic carbocycles. The molecular formula is C20H18N4O6S. The van der Waals surface area contributed by atoms with Crippen LogP contribution in [0.4, 0.5) is 5.00 Å². The van der Waals surface area contributed by atoms with Gasteiger partial charge in [0, 0.05) is 12.5 Å². The van der Waals surface area contributed by atoms with Crippen molar-refractivity contribution >= 4 is 28.3 Å². The summed E-state index contributed by atoms with van der Waals surface area (Å²) in [6.07, 6.45) is 0. The molecule has 0 radical (unpaired) electrons. The smallest absolute Gasteiger partial charge is 0.348 e. The minimum atomic E-state index is -0.635. The van der Waals surface area contributed by atoms with E-state index < -0.39 is 11.9 Å². The predicted molar refractivity (Wildman–Crippen MR) is 108 cm³/mol. The highest BCUT2D eigenvalue weighted by atomic mass is 32.1. The number of anilines is 1. The molecule has 0 unspecified atom stereocenters. The van der Waals surface area contributed by atoms with E-state index in [1.54, 1.807) is 26.0 Å². The van der Waals surface area contributed by atoms with E-state index in [4.69, 9.17) is 24.5 Å². The minimum absolute atomic E-state index is 0.0984. The number of aryl methyl sites for hydroxylation is 1. The van der Waals surface area contributed by atoms with E-state index in [0.717, 1.165) is 11.3 Å². The van der Waals surface area contributed by atoms with Crippen molar-refractivity contribution in [1.82, 2.24) is 10.1 Å². The van der Waals surface area contributed by atoms with Crippen LogP contribution in [0.3, 0.4) is 0 Å². The number of esters is 2. The number of rotatable bonds is 8. The predicted octanol–water partition coefficient (Wildman–Crippen LogP) is 3.01. The van der Waals surface area contributed by atoms with Crippen LogP contribution in [-0.2, 0) is 22.7 Å². The zero-order chi connectivity index (χ0) is 22.4. The second-order valence-corrected chi connectivity index (χ2v) is 7.15. The van der Waals surface area contributed by atoms with Gasteiger partial charge in [0.05, 0.1) is 17.7 Å². The summed E-state index contributed by atoms with van der Waals surface area (Å²) in [7, 11) is 0. The van der Waals surface area contributed by atoms with E-state index in [1.165, 1.54) is 12.1 Å². The van der Waals surface area contributed by atoms with Gasteiger partial charge >= 0.3 is 11.9 Å². The Hall–Kier alpha value is -3.91. The maximum Gasteiger partial charge on any atom is 0.348 e. The van der Waals surface area contributed by atoms with Crippen LogP contribution >= 0.6 is 11.3 Å². The first kappa shape index (κ1) is 21.8. The molecule has 0 amide bonds. The van der Waals surface area contributed by atoms with Crippen molar-refractivity contribution in [2.75, 3.05) is 12.3 Å². The Bertz CT molecular complexity index is 1130. The Morgan fingerprint density at radius 1 is 1.19 bits per heavy atom. The molecule has 2 heterocycles. The Kier molecular flexibility index (Phi) is 6.84. The van der Waals surface area contributed by atoms with E-state index in [9.17, 15) is 14.9 Å². The number of hydrogen-bond donors (Lipinski definition) is 1. The van der Waals surface area contributed by atoms with Crippen LogP contribution < -0.4 is 10.5 Å². The average molecular weight is 442 g/mol. The van der Waals surface area contributed by atoms with E-state index in [0.29, 0.717) is 17.5 Å². The fourth-order valence-corrected chi connectivity index (χ4v) is 3.48. The van der Waals surface area contributed by atoms with Crippen molar-refractivity contribution in [3.05, 3.63) is 57.5 Å². The molecule has 0 bridgehead atoms. The number of carbonyl (C=O) groups excluding carboxylic acids is 2. The number of nitrogen functional groups attached to an aromatic ring is 1. The van der Waals surface area contributed by atoms with Crippen LogP contribution in [-0.4, -0.2) is 28.7 Å². The van der Waals surface area contributed by atoms with Crippen molar-refractivity contribution in [3.8, 4) is 11.8 Å². The third-order valence-corrected chi connectivity index (χ3v) is 5.02. The molecule has 31 heavy (non-hydrogen) atoms. The molecule has 2 aromatic heterocycles. The van der Waals surface area contributed by atoms with Crippen molar-refractivity contribution in [2.24, 2.45) is 0 Å². The summed E-state index contributed by atoms with van der Waals surface area (Å²) in [5.74, 6) is 0.0892. The zero-order valence-corrected chi connectivity index (χ0v) is 17.5. The van der Waals surface area contributed by atoms with E-state index in [1.807, 2.05) is 6.07 Å². The summed E-state index contributed by atoms with van der Waals surface area (Å²) in [6, 6.07) is 8.18. The molecule has 0 aliphatic heterocycles. The molecule has 2 N–H and O–H groups in total. The lowest BCUT2D eigenvalue weighted by molar-refractivity contribution is 0.0452. The third-order valence-electron chi connectivity index (χ3n) is 3.98. The SMILES string of the molecule is CCOC(=O)c1sc(N)c(C#N)c1COC(=O)c1ccc(OCc2noc(C)n2)cc1. The highest BCUT2D eigenvalue weighted by Gasteiger charge is 2.24. The van der Waals surface area contributed by atoms with Crippen LogP contribution in [0.15, 0.2) is 28.8 Å². The molecule has 0 aliphatic rings. The first-order valence-corrected chi connectivity index (χ1v) is 9.92. The number of hydrogen-bond acceptors (Lipinski definition) is 11. The van der Waals surface area contributed by atoms with Gasteiger partial charge < -0.3 is 24.5 Å². The number of aromatic nitrogens is 2. The van der Waals surface area contributed by atoms with Crippen LogP contribution in [0.25, 0.3) is 0 Å². The lowest BCUT2D eigenvalue weighted by Gasteiger charge is -2.08. The molecule has 11 heteroatoms. The van der Waals surface area contributed by atoms with Gasteiger partial charge in [-0.2, -0.15) is 10.2 Å². The highest BCUT2D eigenvalue weighted by Crippen LogP contribution is 2.32. The summed E-state index contributed by atoms with van der Waals surface area (Å²) < 4.78 is 20.7. The molecule has 0 saturated carbocycles. The lowest BCUT2D eigenvalue weighted by Crippen LogP contribution is -2.10. The zero-order valence-electron chi connectivity index (χ0n) is 16.7. The van der Waals surface area contributed by atoms with Gasteiger partial charge in [0.1, 0.15) is 28.3 Å². The highest BCUT2D eigenvalue weighted by molar-refractivity contribution is 7.18. The summed E-state index contributed by atoms with van der Waals surface area (Å²) in [4.78, 5) is 28.7. The van der Waals surface area contributed by atoms with Crippen LogP contribution in [0, 0.1) is 18.3 Å². The number of ether oxygens (including phenoxy) is 3. The quantitative estimate of drug-likeness (QED) is 0.515. The number of nitrogens with zero attached hydrogens (tertiary/aromatic N) is 3. The van der Waals surface area contributed by atoms with Crippen molar-refractivity contribution in [2.45, 2.75) is 27.1 Å². The van der Waals surface area contributed by atoms with Gasteiger partial charge in [0.15, 0.2) is 6.61 Å². The molecule has 0 saturated heterocycles. The second kappa shape index (κ2) is 9.73. The maximum atomic E-state index is 12.4. The summed E-state index contributed by atoms with van der Waals surface area (Å²) >= 11 is 0.924. The molecule has 160 valence electrons. The Labute approximate surface area is 181 Å². The number of nitrogens with two attached hydrogens (primary N) is 1. The van der Waals surface area contributed by atoms with Crippen molar-refractivity contribution < 1.29 is 28.3 Å². The number of thiophene rings is 1. The van der Waals surface area contributed by atoms with Gasteiger partial charge in [-0.15, -0.1) is 11.3 Å². The van der Waals surface area contributed by atoms with Gasteiger partial charge in [-0.3, -0.25) is 0 Å². The Balaban J connectivity index is 1.64. The Morgan fingerprint density at radius 3 is 2.55 bits per heavy atom. The number of nitriles is 1. The molecule has 0 atom stereocenters. The van der Waals surface area contributed by atoms with Gasteiger partial charge in [-0.05, 0) is 31.2 Å². The first-order valence-electron chi connectivity index (χ1n) is 9.10. The van der Waals surface area contributed by atoms with Gasteiger partial charge in [0.25, 0.3) is 0 Å².